The minimum Gasteiger partial charge on any atom is -0.423 e. The van der Waals surface area contributed by atoms with Gasteiger partial charge in [-0.05, 0) is 49.4 Å². The van der Waals surface area contributed by atoms with Gasteiger partial charge in [0.15, 0.2) is 5.78 Å². The minimum absolute atomic E-state index is 0.0687. The van der Waals surface area contributed by atoms with E-state index in [1.807, 2.05) is 0 Å². The fourth-order valence-corrected chi connectivity index (χ4v) is 3.07. The van der Waals surface area contributed by atoms with E-state index in [-0.39, 0.29) is 27.0 Å². The van der Waals surface area contributed by atoms with Crippen molar-refractivity contribution in [2.75, 3.05) is 14.1 Å². The van der Waals surface area contributed by atoms with E-state index in [0.717, 1.165) is 4.31 Å². The number of Topliss-reactive ketones (excluding diaryl/α,β-unsaturated/α-hetero) is 1. The number of halogens is 1. The van der Waals surface area contributed by atoms with Gasteiger partial charge in [0.05, 0.1) is 15.5 Å². The van der Waals surface area contributed by atoms with Gasteiger partial charge in [0.1, 0.15) is 5.75 Å². The van der Waals surface area contributed by atoms with E-state index in [9.17, 15) is 18.0 Å². The highest BCUT2D eigenvalue weighted by molar-refractivity contribution is 7.89. The molecule has 132 valence electrons. The van der Waals surface area contributed by atoms with Gasteiger partial charge in [0.25, 0.3) is 0 Å². The lowest BCUT2D eigenvalue weighted by Gasteiger charge is -2.13. The zero-order valence-corrected chi connectivity index (χ0v) is 15.4. The number of nitrogens with zero attached hydrogens (tertiary/aromatic N) is 1. The fourth-order valence-electron chi connectivity index (χ4n) is 1.95. The van der Waals surface area contributed by atoms with Gasteiger partial charge in [0.2, 0.25) is 10.0 Å². The van der Waals surface area contributed by atoms with Gasteiger partial charge in [-0.2, -0.15) is 0 Å². The Bertz CT molecular complexity index is 921. The summed E-state index contributed by atoms with van der Waals surface area (Å²) in [6.45, 7) is 1.43. The highest BCUT2D eigenvalue weighted by atomic mass is 35.5. The summed E-state index contributed by atoms with van der Waals surface area (Å²) in [5.41, 5.74) is 0.414. The summed E-state index contributed by atoms with van der Waals surface area (Å²) in [7, 11) is -0.933. The molecule has 6 nitrogen and oxygen atoms in total. The van der Waals surface area contributed by atoms with Crippen LogP contribution in [-0.2, 0) is 10.0 Å². The van der Waals surface area contributed by atoms with Crippen LogP contribution < -0.4 is 4.74 Å². The monoisotopic (exact) mass is 381 g/mol. The first-order valence-electron chi connectivity index (χ1n) is 7.18. The van der Waals surface area contributed by atoms with Crippen LogP contribution in [0, 0.1) is 0 Å². The maximum atomic E-state index is 12.3. The molecule has 0 amide bonds. The second-order valence-electron chi connectivity index (χ2n) is 5.40. The Morgan fingerprint density at radius 3 is 2.16 bits per heavy atom. The Hall–Kier alpha value is -2.22. The third-order valence-electron chi connectivity index (χ3n) is 3.41. The summed E-state index contributed by atoms with van der Waals surface area (Å²) in [4.78, 5) is 23.5. The van der Waals surface area contributed by atoms with Gasteiger partial charge in [-0.15, -0.1) is 0 Å². The van der Waals surface area contributed by atoms with Gasteiger partial charge in [-0.25, -0.2) is 17.5 Å². The van der Waals surface area contributed by atoms with Crippen molar-refractivity contribution >= 4 is 33.4 Å². The fraction of sp³-hybridized carbons (Fsp3) is 0.176. The van der Waals surface area contributed by atoms with E-state index in [1.54, 1.807) is 0 Å². The highest BCUT2D eigenvalue weighted by Crippen LogP contribution is 2.24. The molecule has 0 aromatic heterocycles. The van der Waals surface area contributed by atoms with Gasteiger partial charge >= 0.3 is 5.97 Å². The van der Waals surface area contributed by atoms with Crippen molar-refractivity contribution in [3.8, 4) is 5.75 Å². The van der Waals surface area contributed by atoms with Gasteiger partial charge in [-0.3, -0.25) is 4.79 Å². The molecule has 8 heteroatoms. The van der Waals surface area contributed by atoms with Crippen molar-refractivity contribution in [3.63, 3.8) is 0 Å². The second-order valence-corrected chi connectivity index (χ2v) is 7.96. The topological polar surface area (TPSA) is 80.8 Å². The average Bonchev–Trinajstić information content (AvgIpc) is 2.55. The lowest BCUT2D eigenvalue weighted by atomic mass is 10.1. The van der Waals surface area contributed by atoms with Crippen LogP contribution in [0.25, 0.3) is 0 Å². The molecule has 25 heavy (non-hydrogen) atoms. The molecule has 0 fully saturated rings. The van der Waals surface area contributed by atoms with Crippen molar-refractivity contribution in [2.24, 2.45) is 0 Å². The summed E-state index contributed by atoms with van der Waals surface area (Å²) in [5.74, 6) is -0.689. The average molecular weight is 382 g/mol. The van der Waals surface area contributed by atoms with Crippen LogP contribution in [0.15, 0.2) is 47.4 Å². The van der Waals surface area contributed by atoms with Crippen LogP contribution in [0.2, 0.25) is 5.02 Å². The van der Waals surface area contributed by atoms with E-state index in [1.165, 1.54) is 63.5 Å². The Kier molecular flexibility index (Phi) is 5.62. The zero-order valence-electron chi connectivity index (χ0n) is 13.8. The molecule has 0 heterocycles. The third kappa shape index (κ3) is 4.25. The molecular formula is C17H16ClNO5S. The standard InChI is InChI=1S/C17H16ClNO5S/c1-11(20)12-4-6-13(7-5-12)24-17(21)15-10-14(8-9-16(15)18)25(22,23)19(2)3/h4-10H,1-3H3. The number of ether oxygens (including phenoxy) is 1. The lowest BCUT2D eigenvalue weighted by molar-refractivity contribution is 0.0734. The first-order chi connectivity index (χ1) is 11.6. The zero-order chi connectivity index (χ0) is 18.8. The molecule has 2 aromatic rings. The minimum atomic E-state index is -3.71. The summed E-state index contributed by atoms with van der Waals surface area (Å²) < 4.78 is 30.6. The van der Waals surface area contributed by atoms with Gasteiger partial charge in [-0.1, -0.05) is 11.6 Å². The largest absolute Gasteiger partial charge is 0.423 e. The Morgan fingerprint density at radius 1 is 1.04 bits per heavy atom. The number of hydrogen-bond donors (Lipinski definition) is 0. The van der Waals surface area contributed by atoms with Crippen molar-refractivity contribution < 1.29 is 22.7 Å². The molecule has 0 bridgehead atoms. The van der Waals surface area contributed by atoms with Crippen molar-refractivity contribution in [1.29, 1.82) is 0 Å². The van der Waals surface area contributed by atoms with Crippen LogP contribution in [0.4, 0.5) is 0 Å². The molecule has 2 aromatic carbocycles. The van der Waals surface area contributed by atoms with Crippen molar-refractivity contribution in [1.82, 2.24) is 4.31 Å². The van der Waals surface area contributed by atoms with E-state index in [2.05, 4.69) is 0 Å². The smallest absolute Gasteiger partial charge is 0.345 e. The van der Waals surface area contributed by atoms with Gasteiger partial charge < -0.3 is 4.74 Å². The normalized spacial score (nSPS) is 11.4. The molecule has 2 rings (SSSR count). The number of ketones is 1. The van der Waals surface area contributed by atoms with Crippen LogP contribution in [0.1, 0.15) is 27.6 Å². The van der Waals surface area contributed by atoms with E-state index in [0.29, 0.717) is 5.56 Å². The molecule has 0 unspecified atom stereocenters. The number of carbonyl (C=O) groups is 2. The second kappa shape index (κ2) is 7.35. The lowest BCUT2D eigenvalue weighted by Crippen LogP contribution is -2.22. The molecule has 0 aliphatic rings. The number of esters is 1. The highest BCUT2D eigenvalue weighted by Gasteiger charge is 2.21. The number of rotatable bonds is 5. The molecule has 0 saturated carbocycles. The summed E-state index contributed by atoms with van der Waals surface area (Å²) in [6, 6.07) is 9.82. The van der Waals surface area contributed by atoms with Crippen LogP contribution >= 0.6 is 11.6 Å². The van der Waals surface area contributed by atoms with Crippen molar-refractivity contribution in [3.05, 3.63) is 58.6 Å². The third-order valence-corrected chi connectivity index (χ3v) is 5.55. The van der Waals surface area contributed by atoms with Crippen molar-refractivity contribution in [2.45, 2.75) is 11.8 Å². The molecule has 0 saturated heterocycles. The van der Waals surface area contributed by atoms with E-state index < -0.39 is 16.0 Å². The van der Waals surface area contributed by atoms with E-state index >= 15 is 0 Å². The molecular weight excluding hydrogens is 366 g/mol. The molecule has 0 aliphatic heterocycles. The Morgan fingerprint density at radius 2 is 1.64 bits per heavy atom. The van der Waals surface area contributed by atoms with Crippen LogP contribution in [-0.4, -0.2) is 38.6 Å². The first-order valence-corrected chi connectivity index (χ1v) is 9.00. The number of sulfonamides is 1. The Labute approximate surface area is 151 Å². The first kappa shape index (κ1) is 19.1. The molecule has 0 aliphatic carbocycles. The SMILES string of the molecule is CC(=O)c1ccc(OC(=O)c2cc(S(=O)(=O)N(C)C)ccc2Cl)cc1. The number of benzene rings is 2. The molecule has 0 spiro atoms. The number of hydrogen-bond acceptors (Lipinski definition) is 5. The van der Waals surface area contributed by atoms with Crippen LogP contribution in [0.3, 0.4) is 0 Å². The van der Waals surface area contributed by atoms with E-state index in [4.69, 9.17) is 16.3 Å². The quantitative estimate of drug-likeness (QED) is 0.452. The predicted molar refractivity (Wildman–Crippen MR) is 93.7 cm³/mol. The Balaban J connectivity index is 2.31. The summed E-state index contributed by atoms with van der Waals surface area (Å²) in [6.07, 6.45) is 0. The van der Waals surface area contributed by atoms with Gasteiger partial charge in [0, 0.05) is 19.7 Å². The molecule has 0 radical (unpaired) electrons. The number of carbonyl (C=O) groups excluding carboxylic acids is 2. The van der Waals surface area contributed by atoms with Crippen LogP contribution in [0.5, 0.6) is 5.75 Å². The molecule has 0 N–H and O–H groups in total. The maximum absolute atomic E-state index is 12.3. The predicted octanol–water partition coefficient (Wildman–Crippen LogP) is 3.01. The summed E-state index contributed by atoms with van der Waals surface area (Å²) in [5, 5.41) is 0.0723. The maximum Gasteiger partial charge on any atom is 0.345 e. The summed E-state index contributed by atoms with van der Waals surface area (Å²) >= 11 is 6.00. The molecule has 0 atom stereocenters.